The molecule has 4 rings (SSSR count). The van der Waals surface area contributed by atoms with E-state index in [4.69, 9.17) is 10.5 Å². The van der Waals surface area contributed by atoms with Crippen LogP contribution in [-0.4, -0.2) is 34.5 Å². The Morgan fingerprint density at radius 2 is 2.03 bits per heavy atom. The molecule has 8 heteroatoms. The third kappa shape index (κ3) is 4.60. The lowest BCUT2D eigenvalue weighted by Crippen LogP contribution is -2.43. The molecule has 0 radical (unpaired) electrons. The van der Waals surface area contributed by atoms with E-state index in [0.717, 1.165) is 23.2 Å². The molecule has 30 heavy (non-hydrogen) atoms. The smallest absolute Gasteiger partial charge is 0.410 e. The average molecular weight is 423 g/mol. The number of likely N-dealkylation sites (tertiary alicyclic amines) is 1. The maximum absolute atomic E-state index is 12.8. The predicted octanol–water partition coefficient (Wildman–Crippen LogP) is 4.13. The van der Waals surface area contributed by atoms with Crippen molar-refractivity contribution in [3.63, 3.8) is 0 Å². The van der Waals surface area contributed by atoms with Gasteiger partial charge < -0.3 is 15.8 Å². The second kappa shape index (κ2) is 8.96. The van der Waals surface area contributed by atoms with E-state index in [1.165, 1.54) is 16.2 Å². The highest BCUT2D eigenvalue weighted by molar-refractivity contribution is 7.14. The van der Waals surface area contributed by atoms with Crippen molar-refractivity contribution >= 4 is 34.2 Å². The van der Waals surface area contributed by atoms with Crippen LogP contribution >= 0.6 is 11.3 Å². The molecule has 0 unspecified atom stereocenters. The highest BCUT2D eigenvalue weighted by Gasteiger charge is 2.35. The average Bonchev–Trinajstić information content (AvgIpc) is 3.43. The molecule has 1 atom stereocenters. The van der Waals surface area contributed by atoms with Gasteiger partial charge in [0.15, 0.2) is 5.13 Å². The molecule has 1 aliphatic rings. The van der Waals surface area contributed by atoms with Gasteiger partial charge in [-0.15, -0.1) is 11.3 Å². The predicted molar refractivity (Wildman–Crippen MR) is 117 cm³/mol. The van der Waals surface area contributed by atoms with Gasteiger partial charge >= 0.3 is 6.09 Å². The lowest BCUT2D eigenvalue weighted by molar-refractivity contribution is -0.120. The van der Waals surface area contributed by atoms with Gasteiger partial charge in [-0.2, -0.15) is 0 Å². The van der Waals surface area contributed by atoms with Crippen molar-refractivity contribution in [2.45, 2.75) is 25.5 Å². The molecule has 1 aromatic heterocycles. The summed E-state index contributed by atoms with van der Waals surface area (Å²) in [6, 6.07) is 16.3. The minimum atomic E-state index is -0.562. The number of hydrogen-bond acceptors (Lipinski definition) is 6. The number of hydrogen-bond donors (Lipinski definition) is 2. The molecular formula is C22H22N4O3S. The zero-order valence-corrected chi connectivity index (χ0v) is 17.1. The molecule has 2 heterocycles. The van der Waals surface area contributed by atoms with Crippen LogP contribution in [0.2, 0.25) is 0 Å². The van der Waals surface area contributed by atoms with E-state index in [-0.39, 0.29) is 12.5 Å². The van der Waals surface area contributed by atoms with Crippen molar-refractivity contribution in [3.05, 3.63) is 65.5 Å². The number of nitrogens with two attached hydrogens (primary N) is 1. The Kier molecular flexibility index (Phi) is 5.94. The Labute approximate surface area is 178 Å². The number of nitrogen functional groups attached to an aromatic ring is 1. The maximum atomic E-state index is 12.8. The third-order valence-electron chi connectivity index (χ3n) is 4.91. The van der Waals surface area contributed by atoms with E-state index in [1.54, 1.807) is 0 Å². The first-order chi connectivity index (χ1) is 14.6. The Bertz CT molecular complexity index is 1040. The number of ether oxygens (including phenoxy) is 1. The number of carbonyl (C=O) groups is 2. The second-order valence-corrected chi connectivity index (χ2v) is 7.90. The number of nitrogens with zero attached hydrogens (tertiary/aromatic N) is 2. The number of nitrogens with one attached hydrogen (secondary N) is 1. The SMILES string of the molecule is Nc1cccc(-c2csc(NC(=O)[C@H]3CCCN3C(=O)OCc3ccccc3)n2)c1. The highest BCUT2D eigenvalue weighted by Crippen LogP contribution is 2.27. The van der Waals surface area contributed by atoms with Gasteiger partial charge in [-0.05, 0) is 30.5 Å². The first kappa shape index (κ1) is 19.9. The summed E-state index contributed by atoms with van der Waals surface area (Å²) in [7, 11) is 0. The van der Waals surface area contributed by atoms with Crippen LogP contribution in [0.4, 0.5) is 15.6 Å². The minimum Gasteiger partial charge on any atom is -0.445 e. The van der Waals surface area contributed by atoms with E-state index in [1.807, 2.05) is 60.0 Å². The molecule has 2 aromatic carbocycles. The molecule has 154 valence electrons. The minimum absolute atomic E-state index is 0.181. The van der Waals surface area contributed by atoms with E-state index in [2.05, 4.69) is 10.3 Å². The van der Waals surface area contributed by atoms with Crippen molar-refractivity contribution < 1.29 is 14.3 Å². The molecule has 7 nitrogen and oxygen atoms in total. The first-order valence-corrected chi connectivity index (χ1v) is 10.6. The maximum Gasteiger partial charge on any atom is 0.410 e. The molecular weight excluding hydrogens is 400 g/mol. The summed E-state index contributed by atoms with van der Waals surface area (Å²) >= 11 is 1.34. The quantitative estimate of drug-likeness (QED) is 0.603. The zero-order chi connectivity index (χ0) is 20.9. The Morgan fingerprint density at radius 1 is 1.20 bits per heavy atom. The Balaban J connectivity index is 1.37. The summed E-state index contributed by atoms with van der Waals surface area (Å²) < 4.78 is 5.40. The molecule has 1 saturated heterocycles. The molecule has 0 aliphatic carbocycles. The molecule has 1 aliphatic heterocycles. The summed E-state index contributed by atoms with van der Waals surface area (Å²) in [5.41, 5.74) is 9.02. The van der Waals surface area contributed by atoms with Crippen LogP contribution in [0.5, 0.6) is 0 Å². The van der Waals surface area contributed by atoms with Gasteiger partial charge in [0.05, 0.1) is 5.69 Å². The molecule has 0 spiro atoms. The molecule has 3 N–H and O–H groups in total. The van der Waals surface area contributed by atoms with Crippen molar-refractivity contribution in [1.82, 2.24) is 9.88 Å². The lowest BCUT2D eigenvalue weighted by atomic mass is 10.1. The summed E-state index contributed by atoms with van der Waals surface area (Å²) in [6.45, 7) is 0.679. The number of aromatic nitrogens is 1. The summed E-state index contributed by atoms with van der Waals surface area (Å²) in [5.74, 6) is -0.252. The fourth-order valence-corrected chi connectivity index (χ4v) is 4.13. The van der Waals surface area contributed by atoms with Gasteiger partial charge in [-0.1, -0.05) is 42.5 Å². The zero-order valence-electron chi connectivity index (χ0n) is 16.3. The number of benzene rings is 2. The Hall–Kier alpha value is -3.39. The van der Waals surface area contributed by atoms with Crippen molar-refractivity contribution in [3.8, 4) is 11.3 Å². The highest BCUT2D eigenvalue weighted by atomic mass is 32.1. The van der Waals surface area contributed by atoms with Gasteiger partial charge in [0.1, 0.15) is 12.6 Å². The number of rotatable bonds is 5. The summed E-state index contributed by atoms with van der Waals surface area (Å²) in [6.07, 6.45) is 0.876. The van der Waals surface area contributed by atoms with E-state index in [9.17, 15) is 9.59 Å². The van der Waals surface area contributed by atoms with Gasteiger partial charge in [0.25, 0.3) is 0 Å². The molecule has 0 bridgehead atoms. The monoisotopic (exact) mass is 422 g/mol. The van der Waals surface area contributed by atoms with Gasteiger partial charge in [0, 0.05) is 23.2 Å². The normalized spacial score (nSPS) is 15.7. The van der Waals surface area contributed by atoms with Crippen molar-refractivity contribution in [1.29, 1.82) is 0 Å². The van der Waals surface area contributed by atoms with Gasteiger partial charge in [-0.3, -0.25) is 9.69 Å². The fourth-order valence-electron chi connectivity index (χ4n) is 3.41. The molecule has 0 saturated carbocycles. The van der Waals surface area contributed by atoms with Crippen molar-refractivity contribution in [2.24, 2.45) is 0 Å². The van der Waals surface area contributed by atoms with Gasteiger partial charge in [0.2, 0.25) is 5.91 Å². The number of thiazole rings is 1. The van der Waals surface area contributed by atoms with Crippen LogP contribution in [0.3, 0.4) is 0 Å². The van der Waals surface area contributed by atoms with Crippen LogP contribution in [0, 0.1) is 0 Å². The van der Waals surface area contributed by atoms with E-state index >= 15 is 0 Å². The van der Waals surface area contributed by atoms with Gasteiger partial charge in [-0.25, -0.2) is 9.78 Å². The molecule has 1 fully saturated rings. The van der Waals surface area contributed by atoms with Crippen LogP contribution in [0.1, 0.15) is 18.4 Å². The van der Waals surface area contributed by atoms with Crippen LogP contribution in [0.15, 0.2) is 60.0 Å². The fraction of sp³-hybridized carbons (Fsp3) is 0.227. The largest absolute Gasteiger partial charge is 0.445 e. The number of anilines is 2. The van der Waals surface area contributed by atoms with E-state index < -0.39 is 12.1 Å². The first-order valence-electron chi connectivity index (χ1n) is 9.70. The second-order valence-electron chi connectivity index (χ2n) is 7.04. The van der Waals surface area contributed by atoms with Crippen LogP contribution in [-0.2, 0) is 16.1 Å². The summed E-state index contributed by atoms with van der Waals surface area (Å²) in [4.78, 5) is 31.3. The number of carbonyl (C=O) groups excluding carboxylic acids is 2. The number of amides is 2. The van der Waals surface area contributed by atoms with Crippen molar-refractivity contribution in [2.75, 3.05) is 17.6 Å². The lowest BCUT2D eigenvalue weighted by Gasteiger charge is -2.22. The van der Waals surface area contributed by atoms with Crippen LogP contribution < -0.4 is 11.1 Å². The third-order valence-corrected chi connectivity index (χ3v) is 5.67. The molecule has 3 aromatic rings. The molecule has 2 amide bonds. The van der Waals surface area contributed by atoms with E-state index in [0.29, 0.717) is 23.8 Å². The van der Waals surface area contributed by atoms with Crippen LogP contribution in [0.25, 0.3) is 11.3 Å². The topological polar surface area (TPSA) is 97.6 Å². The Morgan fingerprint density at radius 3 is 2.83 bits per heavy atom. The standard InChI is InChI=1S/C22H22N4O3S/c23-17-9-4-8-16(12-17)18-14-30-21(24-18)25-20(27)19-10-5-11-26(19)22(28)29-13-15-6-2-1-3-7-15/h1-4,6-9,12,14,19H,5,10-11,13,23H2,(H,24,25,27)/t19-/m1/s1. The summed E-state index contributed by atoms with van der Waals surface area (Å²) in [5, 5.41) is 5.19.